The van der Waals surface area contributed by atoms with E-state index >= 15 is 0 Å². The van der Waals surface area contributed by atoms with Crippen LogP contribution in [0.15, 0.2) is 12.1 Å². The van der Waals surface area contributed by atoms with Crippen LogP contribution in [-0.2, 0) is 11.3 Å². The van der Waals surface area contributed by atoms with Crippen molar-refractivity contribution in [2.75, 3.05) is 0 Å². The molecule has 106 valence electrons. The molecule has 0 bridgehead atoms. The van der Waals surface area contributed by atoms with Gasteiger partial charge in [0.25, 0.3) is 0 Å². The summed E-state index contributed by atoms with van der Waals surface area (Å²) >= 11 is 0. The number of aryl methyl sites for hydroxylation is 2. The Kier molecular flexibility index (Phi) is 5.48. The minimum absolute atomic E-state index is 0.0687. The van der Waals surface area contributed by atoms with Crippen molar-refractivity contribution in [2.24, 2.45) is 11.7 Å². The Hall–Kier alpha value is -1.42. The predicted molar refractivity (Wildman–Crippen MR) is 75.2 cm³/mol. The molecule has 0 aliphatic rings. The monoisotopic (exact) mass is 266 g/mol. The molecule has 0 heterocycles. The average Bonchev–Trinajstić information content (AvgIpc) is 2.33. The van der Waals surface area contributed by atoms with Crippen LogP contribution in [0.3, 0.4) is 0 Å². The molecule has 0 aliphatic heterocycles. The first-order valence-corrected chi connectivity index (χ1v) is 6.59. The van der Waals surface area contributed by atoms with Crippen molar-refractivity contribution in [3.8, 4) is 0 Å². The number of nitrogens with two attached hydrogens (primary N) is 1. The molecule has 1 atom stereocenters. The molecule has 19 heavy (non-hydrogen) atoms. The summed E-state index contributed by atoms with van der Waals surface area (Å²) in [6, 6.07) is 3.38. The van der Waals surface area contributed by atoms with E-state index in [1.54, 1.807) is 26.0 Å². The van der Waals surface area contributed by atoms with Gasteiger partial charge in [-0.3, -0.25) is 4.79 Å². The molecule has 1 rings (SSSR count). The van der Waals surface area contributed by atoms with Crippen LogP contribution in [0.5, 0.6) is 0 Å². The molecule has 0 saturated carbocycles. The van der Waals surface area contributed by atoms with E-state index in [0.29, 0.717) is 24.1 Å². The Labute approximate surface area is 114 Å². The van der Waals surface area contributed by atoms with Crippen LogP contribution in [0.1, 0.15) is 37.0 Å². The van der Waals surface area contributed by atoms with Crippen LogP contribution in [0.4, 0.5) is 4.39 Å². The highest BCUT2D eigenvalue weighted by molar-refractivity contribution is 5.76. The fraction of sp³-hybridized carbons (Fsp3) is 0.533. The van der Waals surface area contributed by atoms with Gasteiger partial charge in [0.2, 0.25) is 5.91 Å². The summed E-state index contributed by atoms with van der Waals surface area (Å²) in [7, 11) is 0. The number of nitrogens with one attached hydrogen (secondary N) is 1. The van der Waals surface area contributed by atoms with Crippen LogP contribution < -0.4 is 11.1 Å². The Morgan fingerprint density at radius 1 is 1.32 bits per heavy atom. The minimum atomic E-state index is -0.183. The van der Waals surface area contributed by atoms with Crippen LogP contribution in [-0.4, -0.2) is 11.9 Å². The molecule has 3 N–H and O–H groups in total. The Balaban J connectivity index is 2.55. The maximum atomic E-state index is 13.5. The lowest BCUT2D eigenvalue weighted by Gasteiger charge is -2.15. The SMILES string of the molecule is Cc1cc(CNC(=O)CC(N)C(C)C)cc(C)c1F. The molecule has 4 heteroatoms. The molecule has 0 spiro atoms. The lowest BCUT2D eigenvalue weighted by molar-refractivity contribution is -0.121. The quantitative estimate of drug-likeness (QED) is 0.860. The van der Waals surface area contributed by atoms with Crippen molar-refractivity contribution in [3.05, 3.63) is 34.6 Å². The average molecular weight is 266 g/mol. The second kappa shape index (κ2) is 6.66. The van der Waals surface area contributed by atoms with E-state index < -0.39 is 0 Å². The Morgan fingerprint density at radius 2 is 1.84 bits per heavy atom. The fourth-order valence-corrected chi connectivity index (χ4v) is 1.86. The molecule has 1 amide bonds. The summed E-state index contributed by atoms with van der Waals surface area (Å²) in [6.07, 6.45) is 0.316. The maximum absolute atomic E-state index is 13.5. The molecule has 0 fully saturated rings. The molecule has 0 aliphatic carbocycles. The zero-order valence-corrected chi connectivity index (χ0v) is 12.1. The fourth-order valence-electron chi connectivity index (χ4n) is 1.86. The van der Waals surface area contributed by atoms with Crippen molar-refractivity contribution < 1.29 is 9.18 Å². The number of carbonyl (C=O) groups excluding carboxylic acids is 1. The number of amides is 1. The topological polar surface area (TPSA) is 55.1 Å². The third-order valence-corrected chi connectivity index (χ3v) is 3.26. The summed E-state index contributed by atoms with van der Waals surface area (Å²) in [4.78, 5) is 11.7. The third-order valence-electron chi connectivity index (χ3n) is 3.26. The molecule has 0 radical (unpaired) electrons. The first-order chi connectivity index (χ1) is 8.81. The highest BCUT2D eigenvalue weighted by Crippen LogP contribution is 2.14. The van der Waals surface area contributed by atoms with Gasteiger partial charge in [-0.25, -0.2) is 4.39 Å². The van der Waals surface area contributed by atoms with E-state index in [0.717, 1.165) is 5.56 Å². The summed E-state index contributed by atoms with van der Waals surface area (Å²) in [6.45, 7) is 7.84. The van der Waals surface area contributed by atoms with Gasteiger partial charge in [-0.15, -0.1) is 0 Å². The molecule has 3 nitrogen and oxygen atoms in total. The van der Waals surface area contributed by atoms with Crippen LogP contribution in [0.2, 0.25) is 0 Å². The normalized spacial score (nSPS) is 12.6. The predicted octanol–water partition coefficient (Wildman–Crippen LogP) is 2.43. The highest BCUT2D eigenvalue weighted by atomic mass is 19.1. The van der Waals surface area contributed by atoms with E-state index in [2.05, 4.69) is 5.32 Å². The van der Waals surface area contributed by atoms with Crippen LogP contribution in [0, 0.1) is 25.6 Å². The molecule has 1 aromatic carbocycles. The van der Waals surface area contributed by atoms with Gasteiger partial charge in [0.05, 0.1) is 0 Å². The number of carbonyl (C=O) groups is 1. The Bertz CT molecular complexity index is 434. The summed E-state index contributed by atoms with van der Waals surface area (Å²) in [5.74, 6) is 0.0267. The van der Waals surface area contributed by atoms with Crippen LogP contribution in [0.25, 0.3) is 0 Å². The first kappa shape index (κ1) is 15.6. The van der Waals surface area contributed by atoms with Gasteiger partial charge >= 0.3 is 0 Å². The van der Waals surface area contributed by atoms with E-state index in [9.17, 15) is 9.18 Å². The lowest BCUT2D eigenvalue weighted by atomic mass is 10.0. The summed E-state index contributed by atoms with van der Waals surface area (Å²) < 4.78 is 13.5. The zero-order chi connectivity index (χ0) is 14.6. The van der Waals surface area contributed by atoms with E-state index in [1.807, 2.05) is 13.8 Å². The van der Waals surface area contributed by atoms with Crippen molar-refractivity contribution in [1.82, 2.24) is 5.32 Å². The largest absolute Gasteiger partial charge is 0.352 e. The minimum Gasteiger partial charge on any atom is -0.352 e. The van der Waals surface area contributed by atoms with Crippen LogP contribution >= 0.6 is 0 Å². The molecule has 1 unspecified atom stereocenters. The second-order valence-corrected chi connectivity index (χ2v) is 5.43. The third kappa shape index (κ3) is 4.63. The molecule has 1 aromatic rings. The maximum Gasteiger partial charge on any atom is 0.221 e. The summed E-state index contributed by atoms with van der Waals surface area (Å²) in [5, 5.41) is 2.82. The van der Waals surface area contributed by atoms with Gasteiger partial charge in [-0.1, -0.05) is 26.0 Å². The number of rotatable bonds is 5. The van der Waals surface area contributed by atoms with Crippen molar-refractivity contribution in [1.29, 1.82) is 0 Å². The van der Waals surface area contributed by atoms with Crippen molar-refractivity contribution >= 4 is 5.91 Å². The standard InChI is InChI=1S/C15H23FN2O/c1-9(2)13(17)7-14(19)18-8-12-5-10(3)15(16)11(4)6-12/h5-6,9,13H,7-8,17H2,1-4H3,(H,18,19). The van der Waals surface area contributed by atoms with Crippen molar-refractivity contribution in [2.45, 2.75) is 46.7 Å². The number of halogens is 1. The summed E-state index contributed by atoms with van der Waals surface area (Å²) in [5.41, 5.74) is 7.95. The smallest absolute Gasteiger partial charge is 0.221 e. The number of hydrogen-bond acceptors (Lipinski definition) is 2. The first-order valence-electron chi connectivity index (χ1n) is 6.59. The molecular weight excluding hydrogens is 243 g/mol. The van der Waals surface area contributed by atoms with Gasteiger partial charge in [-0.2, -0.15) is 0 Å². The molecule has 0 saturated heterocycles. The van der Waals surface area contributed by atoms with Crippen molar-refractivity contribution in [3.63, 3.8) is 0 Å². The van der Waals surface area contributed by atoms with E-state index in [4.69, 9.17) is 5.73 Å². The van der Waals surface area contributed by atoms with Gasteiger partial charge < -0.3 is 11.1 Å². The second-order valence-electron chi connectivity index (χ2n) is 5.43. The number of hydrogen-bond donors (Lipinski definition) is 2. The van der Waals surface area contributed by atoms with E-state index in [-0.39, 0.29) is 23.7 Å². The van der Waals surface area contributed by atoms with Gasteiger partial charge in [0, 0.05) is 19.0 Å². The van der Waals surface area contributed by atoms with Gasteiger partial charge in [-0.05, 0) is 36.5 Å². The molecular formula is C15H23FN2O. The van der Waals surface area contributed by atoms with E-state index in [1.165, 1.54) is 0 Å². The number of benzene rings is 1. The zero-order valence-electron chi connectivity index (χ0n) is 12.1. The van der Waals surface area contributed by atoms with Gasteiger partial charge in [0.1, 0.15) is 5.82 Å². The Morgan fingerprint density at radius 3 is 2.32 bits per heavy atom. The lowest BCUT2D eigenvalue weighted by Crippen LogP contribution is -2.34. The highest BCUT2D eigenvalue weighted by Gasteiger charge is 2.13. The molecule has 0 aromatic heterocycles. The van der Waals surface area contributed by atoms with Gasteiger partial charge in [0.15, 0.2) is 0 Å².